The molecule has 0 aliphatic carbocycles. The average molecular weight is 312 g/mol. The van der Waals surface area contributed by atoms with Gasteiger partial charge in [0.15, 0.2) is 9.84 Å². The number of ether oxygens (including phenoxy) is 1. The van der Waals surface area contributed by atoms with Crippen LogP contribution in [0.5, 0.6) is 5.75 Å². The summed E-state index contributed by atoms with van der Waals surface area (Å²) < 4.78 is 28.4. The van der Waals surface area contributed by atoms with Crippen LogP contribution in [0.15, 0.2) is 24.3 Å². The molecular weight excluding hydrogens is 288 g/mol. The first kappa shape index (κ1) is 16.1. The molecule has 21 heavy (non-hydrogen) atoms. The summed E-state index contributed by atoms with van der Waals surface area (Å²) in [6.45, 7) is 3.70. The monoisotopic (exact) mass is 312 g/mol. The third kappa shape index (κ3) is 4.89. The summed E-state index contributed by atoms with van der Waals surface area (Å²) in [4.78, 5) is 2.25. The highest BCUT2D eigenvalue weighted by Gasteiger charge is 2.17. The lowest BCUT2D eigenvalue weighted by molar-refractivity contribution is 0.341. The standard InChI is InChI=1S/C15H24N2O3S/c1-2-21(18,19)10-9-20-15-7-3-6-14(11-15)17-8-4-5-13(16)12-17/h3,6-7,11,13H,2,4-5,8-10,12,16H2,1H3. The van der Waals surface area contributed by atoms with Crippen LogP contribution in [0.25, 0.3) is 0 Å². The van der Waals surface area contributed by atoms with E-state index in [9.17, 15) is 8.42 Å². The van der Waals surface area contributed by atoms with Crippen molar-refractivity contribution in [2.24, 2.45) is 5.73 Å². The van der Waals surface area contributed by atoms with Crippen LogP contribution in [0.4, 0.5) is 5.69 Å². The van der Waals surface area contributed by atoms with Crippen molar-refractivity contribution >= 4 is 15.5 Å². The zero-order valence-electron chi connectivity index (χ0n) is 12.5. The lowest BCUT2D eigenvalue weighted by Crippen LogP contribution is -2.42. The normalized spacial score (nSPS) is 19.5. The highest BCUT2D eigenvalue weighted by molar-refractivity contribution is 7.91. The summed E-state index contributed by atoms with van der Waals surface area (Å²) in [6, 6.07) is 7.99. The van der Waals surface area contributed by atoms with E-state index >= 15 is 0 Å². The zero-order chi connectivity index (χ0) is 15.3. The van der Waals surface area contributed by atoms with E-state index in [4.69, 9.17) is 10.5 Å². The first-order valence-corrected chi connectivity index (χ1v) is 9.26. The highest BCUT2D eigenvalue weighted by Crippen LogP contribution is 2.24. The van der Waals surface area contributed by atoms with Crippen molar-refractivity contribution in [2.75, 3.05) is 36.1 Å². The Morgan fingerprint density at radius 1 is 1.43 bits per heavy atom. The molecule has 1 aliphatic heterocycles. The summed E-state index contributed by atoms with van der Waals surface area (Å²) in [5.74, 6) is 0.919. The highest BCUT2D eigenvalue weighted by atomic mass is 32.2. The Hall–Kier alpha value is -1.27. The third-order valence-electron chi connectivity index (χ3n) is 3.74. The minimum Gasteiger partial charge on any atom is -0.492 e. The summed E-state index contributed by atoms with van der Waals surface area (Å²) in [5, 5.41) is 0. The third-order valence-corrected chi connectivity index (χ3v) is 5.41. The molecule has 1 heterocycles. The Labute approximate surface area is 127 Å². The quantitative estimate of drug-likeness (QED) is 0.860. The van der Waals surface area contributed by atoms with Gasteiger partial charge < -0.3 is 15.4 Å². The van der Waals surface area contributed by atoms with E-state index in [1.807, 2.05) is 24.3 Å². The van der Waals surface area contributed by atoms with Crippen molar-refractivity contribution in [1.82, 2.24) is 0 Å². The van der Waals surface area contributed by atoms with Crippen molar-refractivity contribution in [3.63, 3.8) is 0 Å². The number of hydrogen-bond donors (Lipinski definition) is 1. The molecule has 1 aromatic carbocycles. The lowest BCUT2D eigenvalue weighted by atomic mass is 10.1. The molecule has 1 atom stereocenters. The number of nitrogens with two attached hydrogens (primary N) is 1. The van der Waals surface area contributed by atoms with Crippen LogP contribution in [0.3, 0.4) is 0 Å². The zero-order valence-corrected chi connectivity index (χ0v) is 13.3. The van der Waals surface area contributed by atoms with Crippen LogP contribution >= 0.6 is 0 Å². The number of hydrogen-bond acceptors (Lipinski definition) is 5. The van der Waals surface area contributed by atoms with Crippen LogP contribution in [0.2, 0.25) is 0 Å². The number of rotatable bonds is 6. The van der Waals surface area contributed by atoms with Crippen LogP contribution < -0.4 is 15.4 Å². The van der Waals surface area contributed by atoms with Gasteiger partial charge in [0.25, 0.3) is 0 Å². The average Bonchev–Trinajstić information content (AvgIpc) is 2.47. The number of anilines is 1. The largest absolute Gasteiger partial charge is 0.492 e. The van der Waals surface area contributed by atoms with E-state index in [-0.39, 0.29) is 24.2 Å². The van der Waals surface area contributed by atoms with Crippen molar-refractivity contribution in [3.8, 4) is 5.75 Å². The van der Waals surface area contributed by atoms with Crippen LogP contribution in [0.1, 0.15) is 19.8 Å². The number of benzene rings is 1. The van der Waals surface area contributed by atoms with Gasteiger partial charge in [-0.05, 0) is 25.0 Å². The topological polar surface area (TPSA) is 72.6 Å². The molecule has 1 fully saturated rings. The summed E-state index contributed by atoms with van der Waals surface area (Å²) in [7, 11) is -2.98. The molecule has 0 aromatic heterocycles. The maximum Gasteiger partial charge on any atom is 0.153 e. The van der Waals surface area contributed by atoms with E-state index < -0.39 is 9.84 Å². The first-order valence-electron chi connectivity index (χ1n) is 7.44. The smallest absolute Gasteiger partial charge is 0.153 e. The Morgan fingerprint density at radius 2 is 2.24 bits per heavy atom. The van der Waals surface area contributed by atoms with Crippen molar-refractivity contribution in [3.05, 3.63) is 24.3 Å². The van der Waals surface area contributed by atoms with E-state index in [0.717, 1.165) is 31.6 Å². The predicted molar refractivity (Wildman–Crippen MR) is 85.7 cm³/mol. The molecule has 0 spiro atoms. The van der Waals surface area contributed by atoms with Crippen molar-refractivity contribution in [1.29, 1.82) is 0 Å². The van der Waals surface area contributed by atoms with Gasteiger partial charge in [-0.15, -0.1) is 0 Å². The SMILES string of the molecule is CCS(=O)(=O)CCOc1cccc(N2CCCC(N)C2)c1. The predicted octanol–water partition coefficient (Wildman–Crippen LogP) is 1.43. The van der Waals surface area contributed by atoms with Gasteiger partial charge in [-0.3, -0.25) is 0 Å². The van der Waals surface area contributed by atoms with Crippen LogP contribution in [-0.2, 0) is 9.84 Å². The second-order valence-corrected chi connectivity index (χ2v) is 7.90. The maximum atomic E-state index is 11.4. The fourth-order valence-electron chi connectivity index (χ4n) is 2.45. The van der Waals surface area contributed by atoms with E-state index in [1.165, 1.54) is 0 Å². The second kappa shape index (κ2) is 7.13. The fraction of sp³-hybridized carbons (Fsp3) is 0.600. The molecule has 1 unspecified atom stereocenters. The van der Waals surface area contributed by atoms with E-state index in [2.05, 4.69) is 4.90 Å². The summed E-state index contributed by atoms with van der Waals surface area (Å²) >= 11 is 0. The van der Waals surface area contributed by atoms with Crippen LogP contribution in [-0.4, -0.2) is 45.7 Å². The second-order valence-electron chi connectivity index (χ2n) is 5.43. The van der Waals surface area contributed by atoms with Gasteiger partial charge >= 0.3 is 0 Å². The van der Waals surface area contributed by atoms with Gasteiger partial charge in [-0.2, -0.15) is 0 Å². The molecule has 6 heteroatoms. The molecule has 1 aliphatic rings. The first-order chi connectivity index (χ1) is 10.00. The molecule has 2 rings (SSSR count). The van der Waals surface area contributed by atoms with E-state index in [1.54, 1.807) is 6.92 Å². The number of nitrogens with zero attached hydrogens (tertiary/aromatic N) is 1. The number of sulfone groups is 1. The Kier molecular flexibility index (Phi) is 5.47. The maximum absolute atomic E-state index is 11.4. The Bertz CT molecular complexity index is 560. The Morgan fingerprint density at radius 3 is 2.95 bits per heavy atom. The van der Waals surface area contributed by atoms with Gasteiger partial charge in [0.05, 0.1) is 5.75 Å². The minimum atomic E-state index is -2.98. The van der Waals surface area contributed by atoms with Gasteiger partial charge in [0.1, 0.15) is 12.4 Å². The molecule has 5 nitrogen and oxygen atoms in total. The summed E-state index contributed by atoms with van der Waals surface area (Å²) in [5.41, 5.74) is 7.09. The molecule has 0 amide bonds. The molecule has 118 valence electrons. The van der Waals surface area contributed by atoms with Crippen molar-refractivity contribution in [2.45, 2.75) is 25.8 Å². The number of piperidine rings is 1. The van der Waals surface area contributed by atoms with E-state index in [0.29, 0.717) is 5.75 Å². The van der Waals surface area contributed by atoms with Crippen molar-refractivity contribution < 1.29 is 13.2 Å². The minimum absolute atomic E-state index is 0.0579. The molecule has 1 saturated heterocycles. The molecular formula is C15H24N2O3S. The van der Waals surface area contributed by atoms with Gasteiger partial charge in [0, 0.05) is 36.6 Å². The van der Waals surface area contributed by atoms with Gasteiger partial charge in [0.2, 0.25) is 0 Å². The fourth-order valence-corrected chi connectivity index (χ4v) is 3.07. The summed E-state index contributed by atoms with van der Waals surface area (Å²) in [6.07, 6.45) is 2.17. The van der Waals surface area contributed by atoms with Gasteiger partial charge in [-0.25, -0.2) is 8.42 Å². The molecule has 0 radical (unpaired) electrons. The molecule has 2 N–H and O–H groups in total. The molecule has 0 bridgehead atoms. The van der Waals surface area contributed by atoms with Gasteiger partial charge in [-0.1, -0.05) is 13.0 Å². The molecule has 1 aromatic rings. The Balaban J connectivity index is 1.94. The van der Waals surface area contributed by atoms with Crippen LogP contribution in [0, 0.1) is 0 Å². The lowest BCUT2D eigenvalue weighted by Gasteiger charge is -2.32. The molecule has 0 saturated carbocycles.